The molecule has 4 N–H and O–H groups in total. The lowest BCUT2D eigenvalue weighted by Gasteiger charge is -2.21. The van der Waals surface area contributed by atoms with Gasteiger partial charge in [-0.05, 0) is 13.8 Å². The summed E-state index contributed by atoms with van der Waals surface area (Å²) in [5, 5.41) is 11.9. The number of hydrogen-bond acceptors (Lipinski definition) is 3. The zero-order valence-corrected chi connectivity index (χ0v) is 7.49. The summed E-state index contributed by atoms with van der Waals surface area (Å²) in [6.45, 7) is 5.03. The summed E-state index contributed by atoms with van der Waals surface area (Å²) < 4.78 is 0. The summed E-state index contributed by atoms with van der Waals surface area (Å²) >= 11 is 0. The summed E-state index contributed by atoms with van der Waals surface area (Å²) in [7, 11) is 0. The monoisotopic (exact) mass is 169 g/mol. The smallest absolute Gasteiger partial charge is 0.213 e. The number of hydrazone groups is 1. The van der Waals surface area contributed by atoms with E-state index in [1.807, 2.05) is 13.8 Å². The molecule has 1 atom stereocenters. The van der Waals surface area contributed by atoms with Crippen LogP contribution in [-0.4, -0.2) is 23.9 Å². The quantitative estimate of drug-likeness (QED) is 0.261. The van der Waals surface area contributed by atoms with E-state index in [4.69, 9.17) is 16.8 Å². The molecule has 0 saturated heterocycles. The fraction of sp³-hybridized carbons (Fsp3) is 0.714. The van der Waals surface area contributed by atoms with E-state index in [1.54, 1.807) is 4.90 Å². The van der Waals surface area contributed by atoms with Gasteiger partial charge in [0.1, 0.15) is 0 Å². The zero-order valence-electron chi connectivity index (χ0n) is 7.49. The van der Waals surface area contributed by atoms with Gasteiger partial charge < -0.3 is 16.5 Å². The number of nitrogens with zero attached hydrogens (tertiary/aromatic N) is 3. The van der Waals surface area contributed by atoms with Gasteiger partial charge in [-0.15, -0.1) is 5.10 Å². The maximum absolute atomic E-state index is 8.55. The van der Waals surface area contributed by atoms with Crippen molar-refractivity contribution in [3.05, 3.63) is 0 Å². The van der Waals surface area contributed by atoms with Crippen LogP contribution in [0.3, 0.4) is 0 Å². The minimum Gasteiger partial charge on any atom is -0.368 e. The second-order valence-corrected chi connectivity index (χ2v) is 2.56. The van der Waals surface area contributed by atoms with Crippen LogP contribution in [0.5, 0.6) is 0 Å². The van der Waals surface area contributed by atoms with E-state index in [1.165, 1.54) is 0 Å². The molecule has 0 aliphatic heterocycles. The standard InChI is InChI=1S/C7H15N5/c1-3-12(7(9)11-10)5-6(2)4-8/h6H,3,5,10H2,1-2H3,(H2,9,11). The lowest BCUT2D eigenvalue weighted by molar-refractivity contribution is 0.398. The Morgan fingerprint density at radius 2 is 2.33 bits per heavy atom. The normalized spacial score (nSPS) is 13.6. The first-order valence-corrected chi connectivity index (χ1v) is 3.83. The average molecular weight is 169 g/mol. The molecule has 0 aromatic carbocycles. The van der Waals surface area contributed by atoms with Crippen LogP contribution in [0.15, 0.2) is 5.10 Å². The molecule has 0 rings (SSSR count). The number of hydrogen-bond donors (Lipinski definition) is 2. The number of rotatable bonds is 3. The summed E-state index contributed by atoms with van der Waals surface area (Å²) in [6, 6.07) is 2.12. The van der Waals surface area contributed by atoms with E-state index in [9.17, 15) is 0 Å². The first-order valence-electron chi connectivity index (χ1n) is 3.83. The molecule has 0 aromatic rings. The van der Waals surface area contributed by atoms with Gasteiger partial charge in [-0.25, -0.2) is 0 Å². The lowest BCUT2D eigenvalue weighted by atomic mass is 10.2. The fourth-order valence-electron chi connectivity index (χ4n) is 0.838. The topological polar surface area (TPSA) is 91.4 Å². The molecule has 0 bridgehead atoms. The molecule has 0 aromatic heterocycles. The minimum absolute atomic E-state index is 0.0646. The molecular formula is C7H15N5. The van der Waals surface area contributed by atoms with Crippen molar-refractivity contribution in [1.29, 1.82) is 5.26 Å². The molecular weight excluding hydrogens is 154 g/mol. The van der Waals surface area contributed by atoms with Gasteiger partial charge >= 0.3 is 0 Å². The molecule has 0 radical (unpaired) electrons. The second-order valence-electron chi connectivity index (χ2n) is 2.56. The van der Waals surface area contributed by atoms with Crippen molar-refractivity contribution < 1.29 is 0 Å². The van der Waals surface area contributed by atoms with Crippen LogP contribution in [-0.2, 0) is 0 Å². The molecule has 0 heterocycles. The van der Waals surface area contributed by atoms with Crippen molar-refractivity contribution >= 4 is 5.96 Å². The zero-order chi connectivity index (χ0) is 9.56. The predicted molar refractivity (Wildman–Crippen MR) is 47.8 cm³/mol. The molecule has 68 valence electrons. The highest BCUT2D eigenvalue weighted by molar-refractivity contribution is 5.77. The van der Waals surface area contributed by atoms with E-state index in [-0.39, 0.29) is 11.9 Å². The van der Waals surface area contributed by atoms with Crippen LogP contribution in [0.1, 0.15) is 13.8 Å². The molecule has 0 aliphatic carbocycles. The van der Waals surface area contributed by atoms with Crippen molar-refractivity contribution in [1.82, 2.24) is 4.90 Å². The van der Waals surface area contributed by atoms with Crippen LogP contribution in [0.4, 0.5) is 0 Å². The Balaban J connectivity index is 4.11. The summed E-state index contributed by atoms with van der Waals surface area (Å²) in [5.41, 5.74) is 5.47. The third-order valence-electron chi connectivity index (χ3n) is 1.55. The summed E-state index contributed by atoms with van der Waals surface area (Å²) in [5.74, 6) is 5.22. The number of nitriles is 1. The number of nitrogens with two attached hydrogens (primary N) is 2. The molecule has 12 heavy (non-hydrogen) atoms. The van der Waals surface area contributed by atoms with Crippen molar-refractivity contribution in [2.24, 2.45) is 22.6 Å². The highest BCUT2D eigenvalue weighted by Gasteiger charge is 2.09. The maximum Gasteiger partial charge on any atom is 0.213 e. The van der Waals surface area contributed by atoms with Crippen molar-refractivity contribution in [3.63, 3.8) is 0 Å². The van der Waals surface area contributed by atoms with Gasteiger partial charge in [-0.2, -0.15) is 5.26 Å². The summed E-state index contributed by atoms with van der Waals surface area (Å²) in [6.07, 6.45) is 0. The van der Waals surface area contributed by atoms with Gasteiger partial charge in [0.05, 0.1) is 12.0 Å². The second kappa shape index (κ2) is 5.24. The van der Waals surface area contributed by atoms with Crippen molar-refractivity contribution in [3.8, 4) is 6.07 Å². The van der Waals surface area contributed by atoms with Crippen LogP contribution < -0.4 is 11.6 Å². The van der Waals surface area contributed by atoms with E-state index >= 15 is 0 Å². The van der Waals surface area contributed by atoms with Gasteiger partial charge in [0, 0.05) is 13.1 Å². The van der Waals surface area contributed by atoms with E-state index in [0.29, 0.717) is 13.1 Å². The molecule has 5 heteroatoms. The third-order valence-corrected chi connectivity index (χ3v) is 1.55. The van der Waals surface area contributed by atoms with Crippen LogP contribution >= 0.6 is 0 Å². The molecule has 0 amide bonds. The molecule has 0 spiro atoms. The Bertz CT molecular complexity index is 192. The predicted octanol–water partition coefficient (Wildman–Crippen LogP) is -0.344. The average Bonchev–Trinajstić information content (AvgIpc) is 2.12. The molecule has 0 saturated carbocycles. The Kier molecular flexibility index (Phi) is 4.61. The first-order chi connectivity index (χ1) is 5.65. The first kappa shape index (κ1) is 10.6. The van der Waals surface area contributed by atoms with E-state index < -0.39 is 0 Å². The largest absolute Gasteiger partial charge is 0.368 e. The minimum atomic E-state index is -0.0646. The Labute approximate surface area is 72.6 Å². The van der Waals surface area contributed by atoms with Gasteiger partial charge in [0.2, 0.25) is 5.96 Å². The molecule has 5 nitrogen and oxygen atoms in total. The highest BCUT2D eigenvalue weighted by atomic mass is 15.3. The van der Waals surface area contributed by atoms with Crippen LogP contribution in [0.2, 0.25) is 0 Å². The third kappa shape index (κ3) is 3.10. The Hall–Kier alpha value is -1.44. The van der Waals surface area contributed by atoms with Gasteiger partial charge in [0.25, 0.3) is 0 Å². The SMILES string of the molecule is CCN(CC(C)C#N)C(N)=NN. The Morgan fingerprint density at radius 3 is 2.67 bits per heavy atom. The maximum atomic E-state index is 8.55. The fourth-order valence-corrected chi connectivity index (χ4v) is 0.838. The number of guanidine groups is 1. The lowest BCUT2D eigenvalue weighted by Crippen LogP contribution is -2.40. The van der Waals surface area contributed by atoms with E-state index in [0.717, 1.165) is 0 Å². The van der Waals surface area contributed by atoms with Gasteiger partial charge in [0.15, 0.2) is 0 Å². The van der Waals surface area contributed by atoms with Crippen LogP contribution in [0, 0.1) is 17.2 Å². The van der Waals surface area contributed by atoms with Crippen molar-refractivity contribution in [2.75, 3.05) is 13.1 Å². The highest BCUT2D eigenvalue weighted by Crippen LogP contribution is 1.97. The molecule has 0 aliphatic rings. The molecule has 1 unspecified atom stereocenters. The van der Waals surface area contributed by atoms with E-state index in [2.05, 4.69) is 11.2 Å². The van der Waals surface area contributed by atoms with Gasteiger partial charge in [-0.1, -0.05) is 0 Å². The van der Waals surface area contributed by atoms with Crippen molar-refractivity contribution in [2.45, 2.75) is 13.8 Å². The summed E-state index contributed by atoms with van der Waals surface area (Å²) in [4.78, 5) is 1.76. The Morgan fingerprint density at radius 1 is 1.75 bits per heavy atom. The molecule has 0 fully saturated rings. The van der Waals surface area contributed by atoms with Crippen LogP contribution in [0.25, 0.3) is 0 Å². The van der Waals surface area contributed by atoms with Gasteiger partial charge in [-0.3, -0.25) is 0 Å².